The number of oxime groups is 1. The maximum atomic E-state index is 11.6. The molecule has 0 saturated carbocycles. The van der Waals surface area contributed by atoms with Crippen molar-refractivity contribution in [3.63, 3.8) is 0 Å². The van der Waals surface area contributed by atoms with E-state index < -0.39 is 5.97 Å². The maximum Gasteiger partial charge on any atom is 0.338 e. The first-order valence-electron chi connectivity index (χ1n) is 5.37. The van der Waals surface area contributed by atoms with Crippen LogP contribution in [0.3, 0.4) is 0 Å². The monoisotopic (exact) mass is 249 g/mol. The number of allylic oxidation sites excluding steroid dienone is 1. The predicted molar refractivity (Wildman–Crippen MR) is 67.2 cm³/mol. The van der Waals surface area contributed by atoms with Crippen LogP contribution in [0, 0.1) is 6.92 Å². The van der Waals surface area contributed by atoms with Crippen LogP contribution < -0.4 is 4.84 Å². The molecule has 0 fully saturated rings. The van der Waals surface area contributed by atoms with Crippen molar-refractivity contribution >= 4 is 17.8 Å². The molecule has 0 spiro atoms. The molecule has 0 atom stereocenters. The standard InChI is InChI=1S/C12H15N3O3/c1-5-9(12(16)17-4)10-7-13-8(3)15-11(10)18-14-6-2/h5-7H,1-4H3/b9-5+,14-6?. The van der Waals surface area contributed by atoms with Gasteiger partial charge in [-0.2, -0.15) is 4.98 Å². The van der Waals surface area contributed by atoms with Gasteiger partial charge in [0.05, 0.1) is 18.2 Å². The molecule has 0 amide bonds. The molecule has 6 nitrogen and oxygen atoms in total. The van der Waals surface area contributed by atoms with E-state index >= 15 is 0 Å². The number of methoxy groups -OCH3 is 1. The second-order valence-electron chi connectivity index (χ2n) is 3.28. The molecule has 6 heteroatoms. The molecule has 0 unspecified atom stereocenters. The molecule has 0 aliphatic rings. The Morgan fingerprint density at radius 1 is 1.44 bits per heavy atom. The molecule has 1 rings (SSSR count). The van der Waals surface area contributed by atoms with Crippen molar-refractivity contribution in [3.05, 3.63) is 23.7 Å². The fourth-order valence-electron chi connectivity index (χ4n) is 1.30. The minimum Gasteiger partial charge on any atom is -0.465 e. The lowest BCUT2D eigenvalue weighted by atomic mass is 10.1. The Bertz CT molecular complexity index is 495. The van der Waals surface area contributed by atoms with E-state index in [0.717, 1.165) is 0 Å². The average molecular weight is 249 g/mol. The number of carbonyl (C=O) groups is 1. The van der Waals surface area contributed by atoms with Crippen LogP contribution >= 0.6 is 0 Å². The van der Waals surface area contributed by atoms with E-state index in [1.807, 2.05) is 0 Å². The lowest BCUT2D eigenvalue weighted by Gasteiger charge is -2.08. The maximum absolute atomic E-state index is 11.6. The highest BCUT2D eigenvalue weighted by Crippen LogP contribution is 2.24. The summed E-state index contributed by atoms with van der Waals surface area (Å²) in [5.41, 5.74) is 0.777. The molecule has 1 aromatic heterocycles. The summed E-state index contributed by atoms with van der Waals surface area (Å²) in [4.78, 5) is 24.9. The van der Waals surface area contributed by atoms with Crippen molar-refractivity contribution in [2.75, 3.05) is 7.11 Å². The van der Waals surface area contributed by atoms with Gasteiger partial charge in [0.1, 0.15) is 5.82 Å². The van der Waals surface area contributed by atoms with Crippen molar-refractivity contribution in [2.45, 2.75) is 20.8 Å². The summed E-state index contributed by atoms with van der Waals surface area (Å²) >= 11 is 0. The zero-order valence-electron chi connectivity index (χ0n) is 10.8. The van der Waals surface area contributed by atoms with Gasteiger partial charge in [-0.15, -0.1) is 0 Å². The third kappa shape index (κ3) is 3.13. The van der Waals surface area contributed by atoms with Gasteiger partial charge < -0.3 is 9.57 Å². The van der Waals surface area contributed by atoms with Gasteiger partial charge in [-0.3, -0.25) is 0 Å². The van der Waals surface area contributed by atoms with Crippen LogP contribution in [0.2, 0.25) is 0 Å². The fraction of sp³-hybridized carbons (Fsp3) is 0.333. The van der Waals surface area contributed by atoms with E-state index in [9.17, 15) is 4.79 Å². The molecular weight excluding hydrogens is 234 g/mol. The number of aryl methyl sites for hydroxylation is 1. The molecule has 0 aromatic carbocycles. The SMILES string of the molecule is CC=NOc1nc(C)ncc1/C(=C\C)C(=O)OC. The second-order valence-corrected chi connectivity index (χ2v) is 3.28. The summed E-state index contributed by atoms with van der Waals surface area (Å²) in [6.07, 6.45) is 4.60. The number of rotatable bonds is 4. The molecule has 0 bridgehead atoms. The van der Waals surface area contributed by atoms with Crippen LogP contribution in [0.25, 0.3) is 5.57 Å². The minimum atomic E-state index is -0.477. The molecule has 0 radical (unpaired) electrons. The molecule has 1 aromatic rings. The third-order valence-electron chi connectivity index (χ3n) is 2.10. The van der Waals surface area contributed by atoms with E-state index in [-0.39, 0.29) is 5.88 Å². The van der Waals surface area contributed by atoms with Crippen LogP contribution in [-0.2, 0) is 9.53 Å². The van der Waals surface area contributed by atoms with Crippen LogP contribution in [0.4, 0.5) is 0 Å². The highest BCUT2D eigenvalue weighted by Gasteiger charge is 2.18. The Morgan fingerprint density at radius 2 is 2.17 bits per heavy atom. The van der Waals surface area contributed by atoms with Gasteiger partial charge in [-0.25, -0.2) is 9.78 Å². The number of hydrogen-bond donors (Lipinski definition) is 0. The summed E-state index contributed by atoms with van der Waals surface area (Å²) in [6, 6.07) is 0. The van der Waals surface area contributed by atoms with Crippen LogP contribution in [-0.4, -0.2) is 29.3 Å². The lowest BCUT2D eigenvalue weighted by molar-refractivity contribution is -0.133. The molecular formula is C12H15N3O3. The smallest absolute Gasteiger partial charge is 0.338 e. The van der Waals surface area contributed by atoms with Gasteiger partial charge in [0, 0.05) is 12.4 Å². The fourth-order valence-corrected chi connectivity index (χ4v) is 1.30. The molecule has 0 aliphatic heterocycles. The molecule has 96 valence electrons. The van der Waals surface area contributed by atoms with Crippen molar-refractivity contribution in [3.8, 4) is 5.88 Å². The summed E-state index contributed by atoms with van der Waals surface area (Å²) in [5, 5.41) is 3.65. The van der Waals surface area contributed by atoms with E-state index in [2.05, 4.69) is 15.1 Å². The third-order valence-corrected chi connectivity index (χ3v) is 2.10. The van der Waals surface area contributed by atoms with Crippen molar-refractivity contribution in [1.29, 1.82) is 0 Å². The average Bonchev–Trinajstić information content (AvgIpc) is 2.38. The van der Waals surface area contributed by atoms with Crippen molar-refractivity contribution in [2.24, 2.45) is 5.16 Å². The Morgan fingerprint density at radius 3 is 2.72 bits per heavy atom. The summed E-state index contributed by atoms with van der Waals surface area (Å²) in [7, 11) is 1.31. The number of nitrogens with zero attached hydrogens (tertiary/aromatic N) is 3. The van der Waals surface area contributed by atoms with E-state index in [4.69, 9.17) is 9.57 Å². The zero-order chi connectivity index (χ0) is 13.5. The first kappa shape index (κ1) is 13.8. The first-order valence-corrected chi connectivity index (χ1v) is 5.37. The zero-order valence-corrected chi connectivity index (χ0v) is 10.8. The molecule has 0 N–H and O–H groups in total. The van der Waals surface area contributed by atoms with Gasteiger partial charge in [-0.1, -0.05) is 11.2 Å². The molecule has 0 saturated heterocycles. The van der Waals surface area contributed by atoms with E-state index in [1.165, 1.54) is 19.5 Å². The number of ether oxygens (including phenoxy) is 1. The predicted octanol–water partition coefficient (Wildman–Crippen LogP) is 1.75. The van der Waals surface area contributed by atoms with E-state index in [0.29, 0.717) is 17.0 Å². The molecule has 0 aliphatic carbocycles. The van der Waals surface area contributed by atoms with E-state index in [1.54, 1.807) is 26.8 Å². The molecule has 18 heavy (non-hydrogen) atoms. The van der Waals surface area contributed by atoms with Gasteiger partial charge >= 0.3 is 5.97 Å². The lowest BCUT2D eigenvalue weighted by Crippen LogP contribution is -2.07. The van der Waals surface area contributed by atoms with Gasteiger partial charge in [-0.05, 0) is 20.8 Å². The van der Waals surface area contributed by atoms with Crippen molar-refractivity contribution < 1.29 is 14.4 Å². The van der Waals surface area contributed by atoms with Crippen LogP contribution in [0.1, 0.15) is 25.2 Å². The number of aromatic nitrogens is 2. The summed E-state index contributed by atoms with van der Waals surface area (Å²) in [6.45, 7) is 5.16. The Kier molecular flexibility index (Phi) is 4.98. The largest absolute Gasteiger partial charge is 0.465 e. The Hall–Kier alpha value is -2.24. The van der Waals surface area contributed by atoms with Gasteiger partial charge in [0.2, 0.25) is 0 Å². The second kappa shape index (κ2) is 6.48. The Balaban J connectivity index is 3.25. The molecule has 1 heterocycles. The minimum absolute atomic E-state index is 0.221. The van der Waals surface area contributed by atoms with Gasteiger partial charge in [0.15, 0.2) is 0 Å². The summed E-state index contributed by atoms with van der Waals surface area (Å²) in [5.74, 6) is 0.273. The highest BCUT2D eigenvalue weighted by atomic mass is 16.6. The quantitative estimate of drug-likeness (QED) is 0.352. The topological polar surface area (TPSA) is 73.7 Å². The highest BCUT2D eigenvalue weighted by molar-refractivity contribution is 6.16. The van der Waals surface area contributed by atoms with Gasteiger partial charge in [0.25, 0.3) is 5.88 Å². The van der Waals surface area contributed by atoms with Crippen LogP contribution in [0.15, 0.2) is 17.4 Å². The van der Waals surface area contributed by atoms with Crippen LogP contribution in [0.5, 0.6) is 5.88 Å². The normalized spacial score (nSPS) is 11.7. The first-order chi connectivity index (χ1) is 8.63. The number of esters is 1. The number of carbonyl (C=O) groups excluding carboxylic acids is 1. The number of hydrogen-bond acceptors (Lipinski definition) is 6. The summed E-state index contributed by atoms with van der Waals surface area (Å²) < 4.78 is 4.69. The van der Waals surface area contributed by atoms with Crippen molar-refractivity contribution in [1.82, 2.24) is 9.97 Å². The Labute approximate surface area is 105 Å².